The molecule has 0 bridgehead atoms. The summed E-state index contributed by atoms with van der Waals surface area (Å²) in [5, 5.41) is 14.2. The average molecular weight is 426 g/mol. The zero-order chi connectivity index (χ0) is 20.3. The largest absolute Gasteiger partial charge is 0.345 e. The van der Waals surface area contributed by atoms with Crippen molar-refractivity contribution in [2.75, 3.05) is 31.1 Å². The highest BCUT2D eigenvalue weighted by atomic mass is 32.1. The van der Waals surface area contributed by atoms with E-state index in [1.807, 2.05) is 0 Å². The van der Waals surface area contributed by atoms with Gasteiger partial charge in [0, 0.05) is 26.2 Å². The van der Waals surface area contributed by atoms with Gasteiger partial charge in [-0.3, -0.25) is 4.90 Å². The van der Waals surface area contributed by atoms with Gasteiger partial charge in [-0.1, -0.05) is 56.1 Å². The predicted molar refractivity (Wildman–Crippen MR) is 121 cm³/mol. The van der Waals surface area contributed by atoms with Crippen molar-refractivity contribution in [3.8, 4) is 0 Å². The molecule has 2 aromatic heterocycles. The first-order valence-corrected chi connectivity index (χ1v) is 12.3. The monoisotopic (exact) mass is 425 g/mol. The number of hydrogen-bond acceptors (Lipinski definition) is 7. The van der Waals surface area contributed by atoms with E-state index in [0.717, 1.165) is 49.1 Å². The van der Waals surface area contributed by atoms with Gasteiger partial charge in [0.15, 0.2) is 11.0 Å². The third-order valence-corrected chi connectivity index (χ3v) is 7.72. The van der Waals surface area contributed by atoms with Crippen LogP contribution < -0.4 is 4.90 Å². The van der Waals surface area contributed by atoms with Gasteiger partial charge in [-0.05, 0) is 41.8 Å². The summed E-state index contributed by atoms with van der Waals surface area (Å²) in [5.74, 6) is 1.09. The molecule has 1 aliphatic heterocycles. The maximum absolute atomic E-state index is 4.86. The van der Waals surface area contributed by atoms with Gasteiger partial charge in [-0.25, -0.2) is 9.67 Å². The Morgan fingerprint density at radius 3 is 2.67 bits per heavy atom. The highest BCUT2D eigenvalue weighted by molar-refractivity contribution is 7.22. The second kappa shape index (κ2) is 8.98. The number of fused-ring (bicyclic) bond motifs is 1. The maximum Gasteiger partial charge on any atom is 0.186 e. The number of para-hydroxylation sites is 1. The summed E-state index contributed by atoms with van der Waals surface area (Å²) in [5.41, 5.74) is 1.11. The van der Waals surface area contributed by atoms with E-state index in [0.29, 0.717) is 12.1 Å². The standard InChI is InChI=1S/C22H31N7S/c1-2-3-11-19(21-24-25-26-29(21)17-8-4-5-9-17)27-13-15-28(16-14-27)22-23-18-10-6-7-12-20(18)30-22/h6-7,10,12,17,19H,2-5,8-9,11,13-16H2,1H3/t19-/m0/s1. The number of thiazole rings is 1. The van der Waals surface area contributed by atoms with Crippen molar-refractivity contribution in [3.05, 3.63) is 30.1 Å². The summed E-state index contributed by atoms with van der Waals surface area (Å²) in [7, 11) is 0. The molecule has 1 atom stereocenters. The molecule has 1 aromatic carbocycles. The topological polar surface area (TPSA) is 63.0 Å². The molecule has 1 saturated heterocycles. The highest BCUT2D eigenvalue weighted by Crippen LogP contribution is 2.34. The summed E-state index contributed by atoms with van der Waals surface area (Å²) in [6.07, 6.45) is 8.56. The Morgan fingerprint density at radius 1 is 1.10 bits per heavy atom. The van der Waals surface area contributed by atoms with Crippen LogP contribution >= 0.6 is 11.3 Å². The second-order valence-corrected chi connectivity index (χ2v) is 9.57. The first-order valence-electron chi connectivity index (χ1n) is 11.5. The average Bonchev–Trinajstić information content (AvgIpc) is 3.54. The number of rotatable bonds is 7. The van der Waals surface area contributed by atoms with Gasteiger partial charge in [-0.2, -0.15) is 0 Å². The fourth-order valence-electron chi connectivity index (χ4n) is 4.92. The SMILES string of the molecule is CCCC[C@@H](c1nnnn1C1CCCC1)N1CCN(c2nc3ccccc3s2)CC1. The third-order valence-electron chi connectivity index (χ3n) is 6.63. The number of unbranched alkanes of at least 4 members (excludes halogenated alkanes) is 1. The zero-order valence-electron chi connectivity index (χ0n) is 17.8. The normalized spacial score (nSPS) is 19.7. The Hall–Kier alpha value is -2.06. The van der Waals surface area contributed by atoms with E-state index in [-0.39, 0.29) is 0 Å². The first kappa shape index (κ1) is 19.9. The van der Waals surface area contributed by atoms with Crippen molar-refractivity contribution in [1.82, 2.24) is 30.1 Å². The van der Waals surface area contributed by atoms with Crippen molar-refractivity contribution in [1.29, 1.82) is 0 Å². The quantitative estimate of drug-likeness (QED) is 0.557. The van der Waals surface area contributed by atoms with Gasteiger partial charge < -0.3 is 4.90 Å². The molecule has 3 aromatic rings. The Kier molecular flexibility index (Phi) is 5.95. The molecule has 2 fully saturated rings. The summed E-state index contributed by atoms with van der Waals surface area (Å²) >= 11 is 1.80. The minimum atomic E-state index is 0.318. The molecule has 1 aliphatic carbocycles. The Bertz CT molecular complexity index is 920. The number of benzene rings is 1. The summed E-state index contributed by atoms with van der Waals surface area (Å²) in [4.78, 5) is 9.91. The van der Waals surface area contributed by atoms with E-state index in [9.17, 15) is 0 Å². The van der Waals surface area contributed by atoms with E-state index in [2.05, 4.69) is 61.2 Å². The van der Waals surface area contributed by atoms with E-state index in [1.165, 1.54) is 43.2 Å². The van der Waals surface area contributed by atoms with Gasteiger partial charge in [-0.15, -0.1) is 5.10 Å². The highest BCUT2D eigenvalue weighted by Gasteiger charge is 2.32. The van der Waals surface area contributed by atoms with Gasteiger partial charge in [0.2, 0.25) is 0 Å². The number of nitrogens with zero attached hydrogens (tertiary/aromatic N) is 7. The molecule has 7 nitrogen and oxygen atoms in total. The van der Waals surface area contributed by atoms with E-state index >= 15 is 0 Å². The van der Waals surface area contributed by atoms with Crippen molar-refractivity contribution >= 4 is 26.7 Å². The van der Waals surface area contributed by atoms with Gasteiger partial charge in [0.25, 0.3) is 0 Å². The molecule has 160 valence electrons. The van der Waals surface area contributed by atoms with Gasteiger partial charge in [0.1, 0.15) is 0 Å². The van der Waals surface area contributed by atoms with Crippen LogP contribution in [0.5, 0.6) is 0 Å². The number of tetrazole rings is 1. The van der Waals surface area contributed by atoms with Crippen LogP contribution in [-0.4, -0.2) is 56.3 Å². The van der Waals surface area contributed by atoms with Crippen LogP contribution in [0.1, 0.15) is 69.8 Å². The molecule has 30 heavy (non-hydrogen) atoms. The van der Waals surface area contributed by atoms with Crippen molar-refractivity contribution in [2.45, 2.75) is 64.0 Å². The Morgan fingerprint density at radius 2 is 1.90 bits per heavy atom. The molecule has 8 heteroatoms. The molecule has 1 saturated carbocycles. The molecule has 5 rings (SSSR count). The maximum atomic E-state index is 4.86. The molecule has 0 radical (unpaired) electrons. The molecule has 0 spiro atoms. The van der Waals surface area contributed by atoms with Gasteiger partial charge >= 0.3 is 0 Å². The number of piperazine rings is 1. The third kappa shape index (κ3) is 3.95. The van der Waals surface area contributed by atoms with Crippen LogP contribution in [0.15, 0.2) is 24.3 Å². The summed E-state index contributed by atoms with van der Waals surface area (Å²) < 4.78 is 3.43. The van der Waals surface area contributed by atoms with Crippen LogP contribution in [0.25, 0.3) is 10.2 Å². The fraction of sp³-hybridized carbons (Fsp3) is 0.636. The van der Waals surface area contributed by atoms with E-state index in [4.69, 9.17) is 4.98 Å². The molecule has 0 unspecified atom stereocenters. The molecule has 0 amide bonds. The van der Waals surface area contributed by atoms with Crippen LogP contribution in [0.4, 0.5) is 5.13 Å². The molecule has 2 aliphatic rings. The van der Waals surface area contributed by atoms with E-state index < -0.39 is 0 Å². The molecular formula is C22H31N7S. The van der Waals surface area contributed by atoms with Crippen LogP contribution in [0.3, 0.4) is 0 Å². The second-order valence-electron chi connectivity index (χ2n) is 8.57. The van der Waals surface area contributed by atoms with Crippen molar-refractivity contribution < 1.29 is 0 Å². The number of hydrogen-bond donors (Lipinski definition) is 0. The molecule has 3 heterocycles. The van der Waals surface area contributed by atoms with Gasteiger partial charge in [0.05, 0.1) is 22.3 Å². The minimum absolute atomic E-state index is 0.318. The minimum Gasteiger partial charge on any atom is -0.345 e. The molecule has 0 N–H and O–H groups in total. The van der Waals surface area contributed by atoms with Crippen LogP contribution in [0.2, 0.25) is 0 Å². The fourth-order valence-corrected chi connectivity index (χ4v) is 5.94. The zero-order valence-corrected chi connectivity index (χ0v) is 18.6. The van der Waals surface area contributed by atoms with Crippen molar-refractivity contribution in [3.63, 3.8) is 0 Å². The van der Waals surface area contributed by atoms with Crippen LogP contribution in [-0.2, 0) is 0 Å². The van der Waals surface area contributed by atoms with Crippen molar-refractivity contribution in [2.24, 2.45) is 0 Å². The number of anilines is 1. The number of aromatic nitrogens is 5. The van der Waals surface area contributed by atoms with Crippen LogP contribution in [0, 0.1) is 0 Å². The Balaban J connectivity index is 1.31. The summed E-state index contributed by atoms with van der Waals surface area (Å²) in [6.45, 7) is 6.34. The molecular weight excluding hydrogens is 394 g/mol. The summed E-state index contributed by atoms with van der Waals surface area (Å²) in [6, 6.07) is 9.23. The lowest BCUT2D eigenvalue weighted by atomic mass is 10.1. The first-order chi connectivity index (χ1) is 14.8. The lowest BCUT2D eigenvalue weighted by Gasteiger charge is -2.39. The predicted octanol–water partition coefficient (Wildman–Crippen LogP) is 4.45. The lowest BCUT2D eigenvalue weighted by Crippen LogP contribution is -2.48. The Labute approximate surface area is 182 Å². The van der Waals surface area contributed by atoms with E-state index in [1.54, 1.807) is 11.3 Å². The smallest absolute Gasteiger partial charge is 0.186 e. The lowest BCUT2D eigenvalue weighted by molar-refractivity contribution is 0.160.